The summed E-state index contributed by atoms with van der Waals surface area (Å²) in [6, 6.07) is 7.51. The molecular formula is C23H35IN4O5. The van der Waals surface area contributed by atoms with Gasteiger partial charge in [0.25, 0.3) is 0 Å². The van der Waals surface area contributed by atoms with Gasteiger partial charge >= 0.3 is 0 Å². The number of nitrogens with zero attached hydrogens (tertiary/aromatic N) is 3. The largest absolute Gasteiger partial charge is 0.493 e. The highest BCUT2D eigenvalue weighted by molar-refractivity contribution is 14.0. The van der Waals surface area contributed by atoms with E-state index < -0.39 is 6.10 Å². The van der Waals surface area contributed by atoms with Crippen LogP contribution in [0.15, 0.2) is 39.9 Å². The van der Waals surface area contributed by atoms with Crippen LogP contribution in [0.1, 0.15) is 24.4 Å². The molecule has 1 saturated heterocycles. The second-order valence-electron chi connectivity index (χ2n) is 7.52. The van der Waals surface area contributed by atoms with E-state index in [-0.39, 0.29) is 30.5 Å². The number of nitrogens with one attached hydrogen (secondary N) is 1. The van der Waals surface area contributed by atoms with Gasteiger partial charge in [0.05, 0.1) is 34.1 Å². The average molecular weight is 574 g/mol. The molecule has 0 bridgehead atoms. The molecule has 184 valence electrons. The Morgan fingerprint density at radius 2 is 1.79 bits per heavy atom. The lowest BCUT2D eigenvalue weighted by atomic mass is 10.1. The fraction of sp³-hybridized carbons (Fsp3) is 0.522. The molecule has 1 fully saturated rings. The number of hydrogen-bond donors (Lipinski definition) is 2. The highest BCUT2D eigenvalue weighted by atomic mass is 127. The van der Waals surface area contributed by atoms with Crippen LogP contribution in [0.3, 0.4) is 0 Å². The number of rotatable bonds is 9. The Bertz CT molecular complexity index is 845. The number of aliphatic imine (C=N–C) groups is 1. The van der Waals surface area contributed by atoms with Gasteiger partial charge in [-0.2, -0.15) is 0 Å². The molecule has 1 aromatic carbocycles. The van der Waals surface area contributed by atoms with Crippen LogP contribution in [-0.2, 0) is 6.54 Å². The molecule has 0 radical (unpaired) electrons. The summed E-state index contributed by atoms with van der Waals surface area (Å²) in [6.45, 7) is 7.31. The van der Waals surface area contributed by atoms with E-state index in [2.05, 4.69) is 20.1 Å². The first kappa shape index (κ1) is 27.1. The highest BCUT2D eigenvalue weighted by Crippen LogP contribution is 2.38. The van der Waals surface area contributed by atoms with Gasteiger partial charge in [0.2, 0.25) is 5.75 Å². The summed E-state index contributed by atoms with van der Waals surface area (Å²) >= 11 is 0. The molecule has 1 unspecified atom stereocenters. The quantitative estimate of drug-likeness (QED) is 0.269. The Hall–Kier alpha value is -2.18. The van der Waals surface area contributed by atoms with Gasteiger partial charge in [-0.1, -0.05) is 0 Å². The molecule has 2 N–H and O–H groups in total. The number of halogens is 1. The third kappa shape index (κ3) is 7.15. The lowest BCUT2D eigenvalue weighted by molar-refractivity contribution is 0.155. The van der Waals surface area contributed by atoms with Gasteiger partial charge in [0, 0.05) is 39.3 Å². The van der Waals surface area contributed by atoms with Crippen LogP contribution in [0.5, 0.6) is 17.2 Å². The average Bonchev–Trinajstić information content (AvgIpc) is 3.36. The molecule has 0 saturated carbocycles. The summed E-state index contributed by atoms with van der Waals surface area (Å²) in [4.78, 5) is 9.24. The molecule has 0 spiro atoms. The van der Waals surface area contributed by atoms with Crippen molar-refractivity contribution in [2.75, 3.05) is 60.6 Å². The molecule has 3 rings (SSSR count). The Labute approximate surface area is 212 Å². The van der Waals surface area contributed by atoms with Gasteiger partial charge in [-0.15, -0.1) is 24.0 Å². The number of benzene rings is 1. The molecule has 1 atom stereocenters. The molecule has 9 nitrogen and oxygen atoms in total. The van der Waals surface area contributed by atoms with Gasteiger partial charge in [-0.05, 0) is 36.8 Å². The van der Waals surface area contributed by atoms with E-state index in [1.807, 2.05) is 19.1 Å². The van der Waals surface area contributed by atoms with E-state index in [4.69, 9.17) is 18.6 Å². The number of piperazine rings is 1. The van der Waals surface area contributed by atoms with Crippen LogP contribution < -0.4 is 19.5 Å². The van der Waals surface area contributed by atoms with Crippen LogP contribution in [0.2, 0.25) is 0 Å². The van der Waals surface area contributed by atoms with Crippen molar-refractivity contribution in [2.45, 2.75) is 19.6 Å². The molecule has 1 aromatic heterocycles. The summed E-state index contributed by atoms with van der Waals surface area (Å²) < 4.78 is 21.6. The minimum atomic E-state index is -0.750. The smallest absolute Gasteiger partial charge is 0.203 e. The topological polar surface area (TPSA) is 91.9 Å². The zero-order valence-electron chi connectivity index (χ0n) is 19.7. The normalized spacial score (nSPS) is 15.5. The molecule has 2 aromatic rings. The number of guanidine groups is 1. The number of aliphatic hydroxyl groups excluding tert-OH is 1. The zero-order valence-corrected chi connectivity index (χ0v) is 22.1. The maximum atomic E-state index is 10.3. The Kier molecular flexibility index (Phi) is 11.1. The first-order valence-electron chi connectivity index (χ1n) is 10.9. The lowest BCUT2D eigenvalue weighted by Crippen LogP contribution is -2.52. The molecular weight excluding hydrogens is 539 g/mol. The van der Waals surface area contributed by atoms with Crippen LogP contribution in [0, 0.1) is 0 Å². The van der Waals surface area contributed by atoms with E-state index in [0.717, 1.165) is 50.8 Å². The number of hydrogen-bond acceptors (Lipinski definition) is 7. The van der Waals surface area contributed by atoms with Crippen LogP contribution in [0.25, 0.3) is 0 Å². The maximum Gasteiger partial charge on any atom is 0.203 e. The second-order valence-corrected chi connectivity index (χ2v) is 7.52. The second kappa shape index (κ2) is 13.5. The van der Waals surface area contributed by atoms with Gasteiger partial charge in [-0.3, -0.25) is 4.90 Å². The third-order valence-corrected chi connectivity index (χ3v) is 5.42. The zero-order chi connectivity index (χ0) is 22.9. The van der Waals surface area contributed by atoms with E-state index in [1.54, 1.807) is 39.7 Å². The third-order valence-electron chi connectivity index (χ3n) is 5.42. The Balaban J connectivity index is 0.00000385. The van der Waals surface area contributed by atoms with Gasteiger partial charge in [0.15, 0.2) is 17.5 Å². The summed E-state index contributed by atoms with van der Waals surface area (Å²) in [7, 11) is 4.87. The Morgan fingerprint density at radius 3 is 2.30 bits per heavy atom. The number of ether oxygens (including phenoxy) is 3. The van der Waals surface area contributed by atoms with Gasteiger partial charge < -0.3 is 34.0 Å². The SMILES string of the molecule is CCNC(=NCC(O)c1ccco1)N1CCN(Cc2cc(OC)c(OC)c(OC)c2)CC1.I. The minimum absolute atomic E-state index is 0. The number of methoxy groups -OCH3 is 3. The molecule has 2 heterocycles. The number of aliphatic hydroxyl groups is 1. The summed E-state index contributed by atoms with van der Waals surface area (Å²) in [5, 5.41) is 13.6. The molecule has 0 aliphatic carbocycles. The summed E-state index contributed by atoms with van der Waals surface area (Å²) in [5.41, 5.74) is 1.11. The minimum Gasteiger partial charge on any atom is -0.493 e. The molecule has 33 heavy (non-hydrogen) atoms. The maximum absolute atomic E-state index is 10.3. The van der Waals surface area contributed by atoms with Crippen LogP contribution >= 0.6 is 24.0 Å². The van der Waals surface area contributed by atoms with Crippen molar-refractivity contribution in [3.8, 4) is 17.2 Å². The molecule has 10 heteroatoms. The molecule has 1 aliphatic heterocycles. The van der Waals surface area contributed by atoms with Crippen molar-refractivity contribution in [1.82, 2.24) is 15.1 Å². The summed E-state index contributed by atoms with van der Waals surface area (Å²) in [6.07, 6.45) is 0.806. The van der Waals surface area contributed by atoms with Crippen molar-refractivity contribution in [3.05, 3.63) is 41.9 Å². The van der Waals surface area contributed by atoms with E-state index in [1.165, 1.54) is 0 Å². The van der Waals surface area contributed by atoms with Crippen molar-refractivity contribution >= 4 is 29.9 Å². The Morgan fingerprint density at radius 1 is 1.12 bits per heavy atom. The van der Waals surface area contributed by atoms with E-state index >= 15 is 0 Å². The number of furan rings is 1. The summed E-state index contributed by atoms with van der Waals surface area (Å²) in [5.74, 6) is 3.27. The fourth-order valence-corrected chi connectivity index (χ4v) is 3.77. The lowest BCUT2D eigenvalue weighted by Gasteiger charge is -2.36. The van der Waals surface area contributed by atoms with E-state index in [9.17, 15) is 5.11 Å². The van der Waals surface area contributed by atoms with Crippen molar-refractivity contribution in [2.24, 2.45) is 4.99 Å². The van der Waals surface area contributed by atoms with Crippen molar-refractivity contribution in [1.29, 1.82) is 0 Å². The highest BCUT2D eigenvalue weighted by Gasteiger charge is 2.22. The predicted molar refractivity (Wildman–Crippen MR) is 138 cm³/mol. The van der Waals surface area contributed by atoms with Gasteiger partial charge in [0.1, 0.15) is 11.9 Å². The van der Waals surface area contributed by atoms with Crippen molar-refractivity contribution < 1.29 is 23.7 Å². The van der Waals surface area contributed by atoms with Crippen LogP contribution in [0.4, 0.5) is 0 Å². The van der Waals surface area contributed by atoms with Crippen LogP contribution in [-0.4, -0.2) is 81.5 Å². The first-order valence-corrected chi connectivity index (χ1v) is 10.9. The first-order chi connectivity index (χ1) is 15.6. The molecule has 0 amide bonds. The van der Waals surface area contributed by atoms with Crippen molar-refractivity contribution in [3.63, 3.8) is 0 Å². The van der Waals surface area contributed by atoms with Gasteiger partial charge in [-0.25, -0.2) is 4.99 Å². The molecule has 1 aliphatic rings. The van der Waals surface area contributed by atoms with E-state index in [0.29, 0.717) is 23.0 Å². The predicted octanol–water partition coefficient (Wildman–Crippen LogP) is 2.74. The standard InChI is InChI=1S/C23H34N4O5.HI/c1-5-24-23(25-15-18(28)19-7-6-12-32-19)27-10-8-26(9-11-27)16-17-13-20(29-2)22(31-4)21(14-17)30-3;/h6-7,12-14,18,28H,5,8-11,15-16H2,1-4H3,(H,24,25);1H. The monoisotopic (exact) mass is 574 g/mol. The fourth-order valence-electron chi connectivity index (χ4n) is 3.77.